The van der Waals surface area contributed by atoms with E-state index in [1.54, 1.807) is 13.8 Å². The highest BCUT2D eigenvalue weighted by Gasteiger charge is 2.23. The molecular formula is C13H14N2O2. The van der Waals surface area contributed by atoms with E-state index in [0.717, 1.165) is 5.69 Å². The van der Waals surface area contributed by atoms with Crippen molar-refractivity contribution in [2.24, 2.45) is 7.05 Å². The van der Waals surface area contributed by atoms with Crippen molar-refractivity contribution in [3.8, 4) is 5.69 Å². The van der Waals surface area contributed by atoms with Crippen LogP contribution >= 0.6 is 0 Å². The van der Waals surface area contributed by atoms with E-state index in [1.165, 1.54) is 0 Å². The molecule has 17 heavy (non-hydrogen) atoms. The Labute approximate surface area is 99.7 Å². The van der Waals surface area contributed by atoms with Crippen molar-refractivity contribution in [3.63, 3.8) is 0 Å². The number of carboxylic acid groups (broad SMARTS) is 1. The van der Waals surface area contributed by atoms with Crippen LogP contribution in [0.1, 0.15) is 21.7 Å². The van der Waals surface area contributed by atoms with Gasteiger partial charge < -0.3 is 9.90 Å². The van der Waals surface area contributed by atoms with E-state index in [0.29, 0.717) is 11.4 Å². The van der Waals surface area contributed by atoms with Crippen LogP contribution in [0.3, 0.4) is 0 Å². The fourth-order valence-electron chi connectivity index (χ4n) is 2.14. The highest BCUT2D eigenvalue weighted by molar-refractivity contribution is 5.88. The van der Waals surface area contributed by atoms with Crippen molar-refractivity contribution in [2.75, 3.05) is 0 Å². The molecule has 0 unspecified atom stereocenters. The van der Waals surface area contributed by atoms with Crippen LogP contribution in [0.25, 0.3) is 5.69 Å². The molecule has 0 N–H and O–H groups in total. The molecule has 1 heterocycles. The first-order chi connectivity index (χ1) is 8.04. The van der Waals surface area contributed by atoms with Gasteiger partial charge in [0.25, 0.3) is 0 Å². The fourth-order valence-corrected chi connectivity index (χ4v) is 2.14. The summed E-state index contributed by atoms with van der Waals surface area (Å²) in [5, 5.41) is 11.1. The Morgan fingerprint density at radius 2 is 1.82 bits per heavy atom. The normalized spacial score (nSPS) is 10.5. The molecule has 0 spiro atoms. The van der Waals surface area contributed by atoms with Crippen molar-refractivity contribution >= 4 is 5.97 Å². The average molecular weight is 230 g/mol. The van der Waals surface area contributed by atoms with Gasteiger partial charge in [0, 0.05) is 6.92 Å². The largest absolute Gasteiger partial charge is 0.544 e. The van der Waals surface area contributed by atoms with Crippen LogP contribution in [0.2, 0.25) is 0 Å². The topological polar surface area (TPSA) is 48.9 Å². The number of rotatable bonds is 2. The lowest BCUT2D eigenvalue weighted by atomic mass is 10.2. The van der Waals surface area contributed by atoms with Gasteiger partial charge in [0.1, 0.15) is 5.69 Å². The van der Waals surface area contributed by atoms with Gasteiger partial charge in [0.05, 0.1) is 17.2 Å². The molecule has 0 atom stereocenters. The molecule has 4 nitrogen and oxygen atoms in total. The van der Waals surface area contributed by atoms with Gasteiger partial charge in [0.15, 0.2) is 7.05 Å². The Morgan fingerprint density at radius 1 is 1.24 bits per heavy atom. The minimum Gasteiger partial charge on any atom is -0.544 e. The Kier molecular flexibility index (Phi) is 2.71. The lowest BCUT2D eigenvalue weighted by Gasteiger charge is -2.02. The number of carbonyl (C=O) groups excluding carboxylic acids is 1. The van der Waals surface area contributed by atoms with Crippen LogP contribution < -0.4 is 9.79 Å². The third-order valence-electron chi connectivity index (χ3n) is 3.03. The number of aromatic carboxylic acids is 1. The SMILES string of the molecule is Cc1c(C(=O)[O-])c(C)[n+](C)n1-c1ccccc1. The highest BCUT2D eigenvalue weighted by atomic mass is 16.4. The van der Waals surface area contributed by atoms with Crippen LogP contribution in [0.15, 0.2) is 30.3 Å². The number of hydrogen-bond donors (Lipinski definition) is 0. The number of carboxylic acids is 1. The van der Waals surface area contributed by atoms with E-state index in [9.17, 15) is 9.90 Å². The number of aromatic nitrogens is 2. The summed E-state index contributed by atoms with van der Waals surface area (Å²) >= 11 is 0. The van der Waals surface area contributed by atoms with Crippen LogP contribution in [0.5, 0.6) is 0 Å². The summed E-state index contributed by atoms with van der Waals surface area (Å²) in [6.45, 7) is 3.56. The van der Waals surface area contributed by atoms with Crippen LogP contribution in [-0.4, -0.2) is 10.7 Å². The van der Waals surface area contributed by atoms with E-state index in [4.69, 9.17) is 0 Å². The zero-order valence-electron chi connectivity index (χ0n) is 10.1. The van der Waals surface area contributed by atoms with Crippen LogP contribution in [-0.2, 0) is 7.05 Å². The summed E-state index contributed by atoms with van der Waals surface area (Å²) in [4.78, 5) is 11.1. The monoisotopic (exact) mass is 230 g/mol. The molecule has 0 amide bonds. The Morgan fingerprint density at radius 3 is 2.29 bits per heavy atom. The smallest absolute Gasteiger partial charge is 0.214 e. The Bertz CT molecular complexity index is 571. The van der Waals surface area contributed by atoms with Crippen LogP contribution in [0, 0.1) is 13.8 Å². The second-order valence-electron chi connectivity index (χ2n) is 4.00. The Hall–Kier alpha value is -2.10. The highest BCUT2D eigenvalue weighted by Crippen LogP contribution is 2.15. The molecule has 0 aliphatic rings. The van der Waals surface area contributed by atoms with Crippen LogP contribution in [0.4, 0.5) is 0 Å². The molecule has 1 aromatic carbocycles. The maximum Gasteiger partial charge on any atom is 0.214 e. The van der Waals surface area contributed by atoms with E-state index in [-0.39, 0.29) is 5.56 Å². The predicted octanol–water partition coefficient (Wildman–Crippen LogP) is 0.282. The van der Waals surface area contributed by atoms with Crippen molar-refractivity contribution in [2.45, 2.75) is 13.8 Å². The lowest BCUT2D eigenvalue weighted by molar-refractivity contribution is -0.749. The number of para-hydroxylation sites is 1. The molecule has 0 radical (unpaired) electrons. The predicted molar refractivity (Wildman–Crippen MR) is 60.7 cm³/mol. The maximum atomic E-state index is 11.1. The molecule has 88 valence electrons. The summed E-state index contributed by atoms with van der Waals surface area (Å²) in [5.74, 6) is -1.13. The van der Waals surface area contributed by atoms with Gasteiger partial charge in [0.2, 0.25) is 5.69 Å². The van der Waals surface area contributed by atoms with Gasteiger partial charge in [-0.05, 0) is 19.1 Å². The molecular weight excluding hydrogens is 216 g/mol. The maximum absolute atomic E-state index is 11.1. The number of nitrogens with zero attached hydrogens (tertiary/aromatic N) is 2. The molecule has 0 fully saturated rings. The summed E-state index contributed by atoms with van der Waals surface area (Å²) in [7, 11) is 1.84. The minimum atomic E-state index is -1.13. The zero-order valence-corrected chi connectivity index (χ0v) is 10.1. The molecule has 2 aromatic rings. The average Bonchev–Trinajstić information content (AvgIpc) is 2.51. The number of carbonyl (C=O) groups is 1. The van der Waals surface area contributed by atoms with Crippen molar-refractivity contribution < 1.29 is 14.6 Å². The summed E-state index contributed by atoms with van der Waals surface area (Å²) in [6.07, 6.45) is 0. The third kappa shape index (κ3) is 1.71. The van der Waals surface area contributed by atoms with Crippen molar-refractivity contribution in [1.82, 2.24) is 4.68 Å². The number of benzene rings is 1. The van der Waals surface area contributed by atoms with E-state index < -0.39 is 5.97 Å². The molecule has 0 aliphatic carbocycles. The molecule has 0 aliphatic heterocycles. The number of hydrogen-bond acceptors (Lipinski definition) is 2. The molecule has 0 saturated heterocycles. The minimum absolute atomic E-state index is 0.261. The van der Waals surface area contributed by atoms with Gasteiger partial charge in [-0.2, -0.15) is 0 Å². The molecule has 2 rings (SSSR count). The second kappa shape index (κ2) is 4.05. The molecule has 0 saturated carbocycles. The van der Waals surface area contributed by atoms with E-state index in [1.807, 2.05) is 46.7 Å². The summed E-state index contributed by atoms with van der Waals surface area (Å²) in [5.41, 5.74) is 2.56. The first-order valence-electron chi connectivity index (χ1n) is 5.39. The van der Waals surface area contributed by atoms with E-state index >= 15 is 0 Å². The molecule has 1 aromatic heterocycles. The molecule has 0 bridgehead atoms. The Balaban J connectivity index is 2.72. The van der Waals surface area contributed by atoms with Gasteiger partial charge in [-0.25, -0.2) is 0 Å². The van der Waals surface area contributed by atoms with Gasteiger partial charge >= 0.3 is 0 Å². The first-order valence-corrected chi connectivity index (χ1v) is 5.39. The lowest BCUT2D eigenvalue weighted by Crippen LogP contribution is -2.40. The van der Waals surface area contributed by atoms with Crippen molar-refractivity contribution in [3.05, 3.63) is 47.3 Å². The zero-order chi connectivity index (χ0) is 12.6. The van der Waals surface area contributed by atoms with Crippen molar-refractivity contribution in [1.29, 1.82) is 0 Å². The second-order valence-corrected chi connectivity index (χ2v) is 4.00. The first kappa shape index (κ1) is 11.4. The summed E-state index contributed by atoms with van der Waals surface area (Å²) in [6, 6.07) is 9.64. The van der Waals surface area contributed by atoms with Gasteiger partial charge in [-0.3, -0.25) is 0 Å². The third-order valence-corrected chi connectivity index (χ3v) is 3.03. The quantitative estimate of drug-likeness (QED) is 0.696. The fraction of sp³-hybridized carbons (Fsp3) is 0.231. The summed E-state index contributed by atoms with van der Waals surface area (Å²) < 4.78 is 3.68. The van der Waals surface area contributed by atoms with E-state index in [2.05, 4.69) is 0 Å². The molecule has 4 heteroatoms. The van der Waals surface area contributed by atoms with Gasteiger partial charge in [-0.1, -0.05) is 18.2 Å². The standard InChI is InChI=1S/C13H14N2O2/c1-9-12(13(16)17)10(2)15(14(9)3)11-7-5-4-6-8-11/h4-8H,1-3H3. The van der Waals surface area contributed by atoms with Gasteiger partial charge in [-0.15, -0.1) is 9.36 Å².